The number of aliphatic hydroxyl groups is 1. The van der Waals surface area contributed by atoms with Gasteiger partial charge in [0.05, 0.1) is 18.0 Å². The van der Waals surface area contributed by atoms with Crippen molar-refractivity contribution in [3.8, 4) is 0 Å². The van der Waals surface area contributed by atoms with E-state index in [1.165, 1.54) is 5.56 Å². The second kappa shape index (κ2) is 14.1. The van der Waals surface area contributed by atoms with Crippen molar-refractivity contribution in [3.05, 3.63) is 156 Å². The first kappa shape index (κ1) is 32.4. The summed E-state index contributed by atoms with van der Waals surface area (Å²) in [7, 11) is -2.36. The smallest absolute Gasteiger partial charge is 0.418 e. The molecule has 1 N–H and O–H groups in total. The Morgan fingerprint density at radius 2 is 1.28 bits per heavy atom. The molecule has 6 rings (SSSR count). The summed E-state index contributed by atoms with van der Waals surface area (Å²) in [5, 5.41) is 15.1. The van der Waals surface area contributed by atoms with E-state index < -0.39 is 20.9 Å². The minimum absolute atomic E-state index is 0.0946. The fraction of sp³-hybridized carbons (Fsp3) is 0.244. The van der Waals surface area contributed by atoms with Gasteiger partial charge in [0.1, 0.15) is 0 Å². The molecule has 5 nitrogen and oxygen atoms in total. The zero-order chi connectivity index (χ0) is 32.9. The molecule has 1 aliphatic carbocycles. The number of carbonyl (C=O) groups excluding carboxylic acids is 1. The van der Waals surface area contributed by atoms with E-state index in [4.69, 9.17) is 9.16 Å². The van der Waals surface area contributed by atoms with Gasteiger partial charge in [-0.05, 0) is 70.4 Å². The Labute approximate surface area is 280 Å². The van der Waals surface area contributed by atoms with Gasteiger partial charge >= 0.3 is 6.09 Å². The van der Waals surface area contributed by atoms with E-state index in [1.807, 2.05) is 109 Å². The number of amides is 1. The van der Waals surface area contributed by atoms with Crippen LogP contribution >= 0.6 is 0 Å². The van der Waals surface area contributed by atoms with Gasteiger partial charge in [-0.2, -0.15) is 0 Å². The maximum Gasteiger partial charge on any atom is 0.418 e. The van der Waals surface area contributed by atoms with Crippen molar-refractivity contribution < 1.29 is 19.1 Å². The standard InChI is InChI=1S/C41H43NO4Si/c1-40(2,3)37-25-16-26-38-36(37)28-27-31(41(38,44)46-47(34-21-12-6-13-22-34)35-23-14-7-15-24-35)29-30-45-39(43)42(32-17-8-4-9-18-32)33-19-10-5-11-20-33/h4-26,31,44,47H,27-30H2,1-3H3. The van der Waals surface area contributed by atoms with Gasteiger partial charge in [-0.1, -0.05) is 136 Å². The van der Waals surface area contributed by atoms with Crippen molar-refractivity contribution in [2.45, 2.75) is 51.2 Å². The first-order chi connectivity index (χ1) is 22.8. The molecule has 6 heteroatoms. The highest BCUT2D eigenvalue weighted by atomic mass is 28.3. The summed E-state index contributed by atoms with van der Waals surface area (Å²) >= 11 is 0. The van der Waals surface area contributed by atoms with Crippen molar-refractivity contribution in [2.75, 3.05) is 11.5 Å². The number of nitrogens with zero attached hydrogens (tertiary/aromatic N) is 1. The lowest BCUT2D eigenvalue weighted by Gasteiger charge is -2.45. The lowest BCUT2D eigenvalue weighted by Crippen LogP contribution is -2.54. The third kappa shape index (κ3) is 7.10. The van der Waals surface area contributed by atoms with Crippen LogP contribution in [0.15, 0.2) is 140 Å². The van der Waals surface area contributed by atoms with E-state index in [9.17, 15) is 9.90 Å². The number of hydrogen-bond acceptors (Lipinski definition) is 4. The predicted molar refractivity (Wildman–Crippen MR) is 192 cm³/mol. The highest BCUT2D eigenvalue weighted by molar-refractivity contribution is 6.80. The van der Waals surface area contributed by atoms with Crippen LogP contribution in [0.25, 0.3) is 0 Å². The third-order valence-corrected chi connectivity index (χ3v) is 11.6. The summed E-state index contributed by atoms with van der Waals surface area (Å²) in [4.78, 5) is 15.3. The van der Waals surface area contributed by atoms with Crippen LogP contribution in [-0.2, 0) is 26.8 Å². The summed E-state index contributed by atoms with van der Waals surface area (Å²) in [6.45, 7) is 6.78. The van der Waals surface area contributed by atoms with Gasteiger partial charge in [-0.25, -0.2) is 9.69 Å². The minimum Gasteiger partial charge on any atom is -0.449 e. The van der Waals surface area contributed by atoms with Gasteiger partial charge in [0.2, 0.25) is 9.04 Å². The first-order valence-electron chi connectivity index (χ1n) is 16.5. The molecule has 0 spiro atoms. The Morgan fingerprint density at radius 3 is 1.79 bits per heavy atom. The average Bonchev–Trinajstić information content (AvgIpc) is 3.09. The molecule has 0 saturated carbocycles. The van der Waals surface area contributed by atoms with Gasteiger partial charge < -0.3 is 14.3 Å². The molecule has 1 aliphatic rings. The lowest BCUT2D eigenvalue weighted by molar-refractivity contribution is -0.199. The molecule has 5 aromatic carbocycles. The SMILES string of the molecule is CC(C)(C)c1cccc2c1CCC(CCOC(=O)N(c1ccccc1)c1ccccc1)C2(O)O[SiH](c1ccccc1)c1ccccc1. The van der Waals surface area contributed by atoms with Crippen molar-refractivity contribution in [1.82, 2.24) is 0 Å². The fourth-order valence-electron chi connectivity index (χ4n) is 6.76. The van der Waals surface area contributed by atoms with Crippen LogP contribution in [0.1, 0.15) is 50.3 Å². The Bertz CT molecular complexity index is 1680. The van der Waals surface area contributed by atoms with E-state index in [-0.39, 0.29) is 17.9 Å². The summed E-state index contributed by atoms with van der Waals surface area (Å²) in [6.07, 6.45) is 1.51. The van der Waals surface area contributed by atoms with Gasteiger partial charge in [0.15, 0.2) is 5.79 Å². The summed E-state index contributed by atoms with van der Waals surface area (Å²) < 4.78 is 13.1. The van der Waals surface area contributed by atoms with Crippen LogP contribution in [0.2, 0.25) is 0 Å². The Hall–Kier alpha value is -4.49. The van der Waals surface area contributed by atoms with Crippen LogP contribution < -0.4 is 15.3 Å². The fourth-order valence-corrected chi connectivity index (χ4v) is 9.24. The largest absolute Gasteiger partial charge is 0.449 e. The van der Waals surface area contributed by atoms with Crippen molar-refractivity contribution in [1.29, 1.82) is 0 Å². The number of ether oxygens (including phenoxy) is 1. The number of anilines is 2. The van der Waals surface area contributed by atoms with Gasteiger partial charge in [0.25, 0.3) is 0 Å². The summed E-state index contributed by atoms with van der Waals surface area (Å²) in [6, 6.07) is 45.8. The molecule has 0 saturated heterocycles. The van der Waals surface area contributed by atoms with Crippen LogP contribution in [0.3, 0.4) is 0 Å². The van der Waals surface area contributed by atoms with E-state index in [2.05, 4.69) is 51.1 Å². The van der Waals surface area contributed by atoms with E-state index in [0.717, 1.165) is 39.3 Å². The zero-order valence-electron chi connectivity index (χ0n) is 27.4. The minimum atomic E-state index is -2.36. The predicted octanol–water partition coefficient (Wildman–Crippen LogP) is 7.61. The molecule has 47 heavy (non-hydrogen) atoms. The molecule has 0 aliphatic heterocycles. The second-order valence-corrected chi connectivity index (χ2v) is 15.6. The molecule has 2 atom stereocenters. The van der Waals surface area contributed by atoms with Gasteiger partial charge in [0, 0.05) is 11.5 Å². The quantitative estimate of drug-likeness (QED) is 0.133. The lowest BCUT2D eigenvalue weighted by atomic mass is 9.72. The van der Waals surface area contributed by atoms with Crippen LogP contribution in [0.4, 0.5) is 16.2 Å². The maximum atomic E-state index is 13.7. The molecule has 5 aromatic rings. The normalized spacial score (nSPS) is 17.6. The van der Waals surface area contributed by atoms with Crippen LogP contribution in [0, 0.1) is 5.92 Å². The van der Waals surface area contributed by atoms with E-state index in [0.29, 0.717) is 12.8 Å². The zero-order valence-corrected chi connectivity index (χ0v) is 28.5. The maximum absolute atomic E-state index is 13.7. The molecular weight excluding hydrogens is 599 g/mol. The summed E-state index contributed by atoms with van der Waals surface area (Å²) in [5.41, 5.74) is 4.56. The average molecular weight is 642 g/mol. The molecule has 0 radical (unpaired) electrons. The third-order valence-electron chi connectivity index (χ3n) is 9.07. The molecular formula is C41H43NO4Si. The first-order valence-corrected chi connectivity index (χ1v) is 18.1. The highest BCUT2D eigenvalue weighted by Gasteiger charge is 2.47. The molecule has 0 heterocycles. The number of benzene rings is 5. The molecule has 2 unspecified atom stereocenters. The highest BCUT2D eigenvalue weighted by Crippen LogP contribution is 2.45. The Kier molecular flexibility index (Phi) is 9.73. The topological polar surface area (TPSA) is 59.0 Å². The van der Waals surface area contributed by atoms with E-state index in [1.54, 1.807) is 4.90 Å². The second-order valence-electron chi connectivity index (χ2n) is 13.2. The molecule has 0 fully saturated rings. The van der Waals surface area contributed by atoms with Gasteiger partial charge in [-0.15, -0.1) is 0 Å². The van der Waals surface area contributed by atoms with Crippen molar-refractivity contribution >= 4 is 36.9 Å². The van der Waals surface area contributed by atoms with E-state index >= 15 is 0 Å². The molecule has 0 aromatic heterocycles. The molecule has 1 amide bonds. The van der Waals surface area contributed by atoms with Gasteiger partial charge in [-0.3, -0.25) is 0 Å². The number of rotatable bonds is 9. The number of hydrogen-bond donors (Lipinski definition) is 1. The number of carbonyl (C=O) groups is 1. The number of fused-ring (bicyclic) bond motifs is 1. The van der Waals surface area contributed by atoms with Crippen LogP contribution in [0.5, 0.6) is 0 Å². The summed E-state index contributed by atoms with van der Waals surface area (Å²) in [5.74, 6) is -1.86. The Balaban J connectivity index is 1.32. The Morgan fingerprint density at radius 1 is 0.766 bits per heavy atom. The van der Waals surface area contributed by atoms with Crippen molar-refractivity contribution in [3.63, 3.8) is 0 Å². The van der Waals surface area contributed by atoms with Crippen molar-refractivity contribution in [2.24, 2.45) is 5.92 Å². The van der Waals surface area contributed by atoms with Crippen LogP contribution in [-0.4, -0.2) is 26.8 Å². The molecule has 240 valence electrons. The molecule has 0 bridgehead atoms. The monoisotopic (exact) mass is 641 g/mol. The number of para-hydroxylation sites is 2.